The minimum absolute atomic E-state index is 0.0620. The molecular formula is C15H13F2N2O5S-. The van der Waals surface area contributed by atoms with Crippen LogP contribution in [0.3, 0.4) is 0 Å². The molecule has 2 aromatic carbocycles. The van der Waals surface area contributed by atoms with Crippen molar-refractivity contribution in [2.45, 2.75) is 11.4 Å². The fourth-order valence-electron chi connectivity index (χ4n) is 2.26. The van der Waals surface area contributed by atoms with E-state index in [9.17, 15) is 26.5 Å². The number of ether oxygens (including phenoxy) is 1. The molecule has 7 nitrogen and oxygen atoms in total. The van der Waals surface area contributed by atoms with E-state index in [0.717, 1.165) is 5.39 Å². The highest BCUT2D eigenvalue weighted by molar-refractivity contribution is 7.87. The number of nitrogens with one attached hydrogen (secondary N) is 2. The first kappa shape index (κ1) is 17.5. The highest BCUT2D eigenvalue weighted by atomic mass is 32.2. The van der Waals surface area contributed by atoms with Gasteiger partial charge in [-0.1, -0.05) is 24.3 Å². The van der Waals surface area contributed by atoms with E-state index in [4.69, 9.17) is 4.74 Å². The Hall–Kier alpha value is -2.30. The van der Waals surface area contributed by atoms with Gasteiger partial charge in [-0.15, -0.1) is 0 Å². The average molecular weight is 371 g/mol. The smallest absolute Gasteiger partial charge is 0.411 e. The molecule has 0 bridgehead atoms. The number of carbonyl (C=O) groups excluding carboxylic acids is 1. The molecule has 134 valence electrons. The molecule has 1 atom stereocenters. The molecule has 0 aliphatic carbocycles. The molecule has 1 amide bonds. The molecule has 3 rings (SSSR count). The van der Waals surface area contributed by atoms with E-state index in [2.05, 4.69) is 5.32 Å². The van der Waals surface area contributed by atoms with Gasteiger partial charge in [-0.2, -0.15) is 8.78 Å². The van der Waals surface area contributed by atoms with Crippen molar-refractivity contribution in [1.82, 2.24) is 0 Å². The maximum Gasteiger partial charge on any atom is 0.411 e. The minimum Gasteiger partial charge on any atom is -0.743 e. The fourth-order valence-corrected chi connectivity index (χ4v) is 2.53. The zero-order chi connectivity index (χ0) is 18.2. The van der Waals surface area contributed by atoms with Crippen molar-refractivity contribution in [1.29, 1.82) is 0 Å². The summed E-state index contributed by atoms with van der Waals surface area (Å²) in [6.45, 7) is 1.11. The molecule has 1 fully saturated rings. The highest BCUT2D eigenvalue weighted by Crippen LogP contribution is 2.30. The van der Waals surface area contributed by atoms with Gasteiger partial charge in [-0.25, -0.2) is 8.42 Å². The number of hydrogen-bond donors (Lipinski definition) is 2. The van der Waals surface area contributed by atoms with E-state index in [-0.39, 0.29) is 11.8 Å². The third-order valence-corrected chi connectivity index (χ3v) is 4.43. The van der Waals surface area contributed by atoms with Crippen LogP contribution in [0.5, 0.6) is 0 Å². The molecule has 1 heterocycles. The number of alkyl halides is 2. The molecule has 1 saturated heterocycles. The molecule has 25 heavy (non-hydrogen) atoms. The summed E-state index contributed by atoms with van der Waals surface area (Å²) >= 11 is 0. The Labute approximate surface area is 141 Å². The Morgan fingerprint density at radius 3 is 2.64 bits per heavy atom. The molecule has 1 aliphatic heterocycles. The van der Waals surface area contributed by atoms with Gasteiger partial charge in [0.15, 0.2) is 10.1 Å². The first-order valence-corrected chi connectivity index (χ1v) is 8.62. The van der Waals surface area contributed by atoms with Gasteiger partial charge in [0.2, 0.25) is 0 Å². The Bertz CT molecular complexity index is 929. The number of rotatable bonds is 6. The molecule has 0 aromatic heterocycles. The Morgan fingerprint density at radius 1 is 1.32 bits per heavy atom. The van der Waals surface area contributed by atoms with Crippen molar-refractivity contribution in [3.63, 3.8) is 0 Å². The molecular weight excluding hydrogens is 358 g/mol. The van der Waals surface area contributed by atoms with Crippen LogP contribution in [0.1, 0.15) is 0 Å². The third-order valence-electron chi connectivity index (χ3n) is 3.62. The molecule has 0 saturated carbocycles. The number of amides is 1. The van der Waals surface area contributed by atoms with Crippen molar-refractivity contribution < 1.29 is 31.3 Å². The maximum absolute atomic E-state index is 13.3. The van der Waals surface area contributed by atoms with Crippen molar-refractivity contribution in [2.24, 2.45) is 0 Å². The van der Waals surface area contributed by atoms with Crippen LogP contribution < -0.4 is 10.6 Å². The maximum atomic E-state index is 13.3. The molecule has 2 aromatic rings. The first-order valence-electron chi connectivity index (χ1n) is 7.21. The number of epoxide rings is 1. The predicted octanol–water partition coefficient (Wildman–Crippen LogP) is 1.73. The Kier molecular flexibility index (Phi) is 4.35. The van der Waals surface area contributed by atoms with E-state index < -0.39 is 21.3 Å². The molecule has 2 N–H and O–H groups in total. The second kappa shape index (κ2) is 6.21. The Balaban J connectivity index is 1.92. The van der Waals surface area contributed by atoms with Crippen LogP contribution in [0, 0.1) is 0 Å². The van der Waals surface area contributed by atoms with Crippen LogP contribution in [0.4, 0.5) is 20.2 Å². The number of anilines is 2. The standard InChI is InChI=1S/C15H14F2N2O5S/c16-15(17,25(21,22)23)14(20)19-10-5-9-3-1-2-4-12(9)13(6-10)18-7-11-8-24-11/h1-6,11,18H,7-8H2,(H,19,20)(H,21,22,23)/p-1. The number of carbonyl (C=O) groups is 1. The zero-order valence-electron chi connectivity index (χ0n) is 12.7. The lowest BCUT2D eigenvalue weighted by atomic mass is 10.1. The van der Waals surface area contributed by atoms with Gasteiger partial charge in [0, 0.05) is 23.3 Å². The quantitative estimate of drug-likeness (QED) is 0.591. The summed E-state index contributed by atoms with van der Waals surface area (Å²) in [5, 5.41) is 1.23. The topological polar surface area (TPSA) is 111 Å². The summed E-state index contributed by atoms with van der Waals surface area (Å²) in [5.74, 6) is -2.20. The third kappa shape index (κ3) is 3.70. The Morgan fingerprint density at radius 2 is 2.00 bits per heavy atom. The van der Waals surface area contributed by atoms with Crippen molar-refractivity contribution >= 4 is 38.2 Å². The number of fused-ring (bicyclic) bond motifs is 1. The van der Waals surface area contributed by atoms with Gasteiger partial charge in [0.05, 0.1) is 12.7 Å². The predicted molar refractivity (Wildman–Crippen MR) is 85.5 cm³/mol. The molecule has 1 aliphatic rings. The van der Waals surface area contributed by atoms with Crippen LogP contribution >= 0.6 is 0 Å². The summed E-state index contributed by atoms with van der Waals surface area (Å²) in [7, 11) is -6.12. The van der Waals surface area contributed by atoms with E-state index in [1.54, 1.807) is 29.6 Å². The van der Waals surface area contributed by atoms with Crippen LogP contribution in [0.2, 0.25) is 0 Å². The summed E-state index contributed by atoms with van der Waals surface area (Å²) in [5.41, 5.74) is 0.489. The minimum atomic E-state index is -6.12. The molecule has 0 spiro atoms. The van der Waals surface area contributed by atoms with E-state index in [0.29, 0.717) is 24.2 Å². The largest absolute Gasteiger partial charge is 0.743 e. The average Bonchev–Trinajstić information content (AvgIpc) is 3.35. The van der Waals surface area contributed by atoms with Crippen molar-refractivity contribution in [2.75, 3.05) is 23.8 Å². The molecule has 10 heteroatoms. The van der Waals surface area contributed by atoms with Crippen molar-refractivity contribution in [3.05, 3.63) is 36.4 Å². The van der Waals surface area contributed by atoms with Crippen LogP contribution in [0.15, 0.2) is 36.4 Å². The second-order valence-electron chi connectivity index (χ2n) is 5.51. The number of hydrogen-bond acceptors (Lipinski definition) is 6. The number of benzene rings is 2. The van der Waals surface area contributed by atoms with Crippen LogP contribution in [-0.2, 0) is 19.6 Å². The van der Waals surface area contributed by atoms with Gasteiger partial charge in [-0.05, 0) is 17.5 Å². The summed E-state index contributed by atoms with van der Waals surface area (Å²) in [4.78, 5) is 11.5. The summed E-state index contributed by atoms with van der Waals surface area (Å²) < 4.78 is 63.4. The lowest BCUT2D eigenvalue weighted by Gasteiger charge is -2.19. The first-order chi connectivity index (χ1) is 11.7. The van der Waals surface area contributed by atoms with Crippen LogP contribution in [0.25, 0.3) is 10.8 Å². The molecule has 0 radical (unpaired) electrons. The second-order valence-corrected chi connectivity index (χ2v) is 6.93. The van der Waals surface area contributed by atoms with Crippen molar-refractivity contribution in [3.8, 4) is 0 Å². The molecule has 1 unspecified atom stereocenters. The van der Waals surface area contributed by atoms with Crippen LogP contribution in [-0.4, -0.2) is 43.4 Å². The van der Waals surface area contributed by atoms with Gasteiger partial charge in [0.1, 0.15) is 0 Å². The lowest BCUT2D eigenvalue weighted by molar-refractivity contribution is -0.130. The van der Waals surface area contributed by atoms with E-state index >= 15 is 0 Å². The summed E-state index contributed by atoms with van der Waals surface area (Å²) in [6, 6.07) is 9.80. The lowest BCUT2D eigenvalue weighted by Crippen LogP contribution is -2.41. The normalized spacial score (nSPS) is 17.3. The van der Waals surface area contributed by atoms with Gasteiger partial charge >= 0.3 is 11.2 Å². The van der Waals surface area contributed by atoms with Gasteiger partial charge in [0.25, 0.3) is 0 Å². The van der Waals surface area contributed by atoms with Gasteiger partial charge < -0.3 is 19.9 Å². The fraction of sp³-hybridized carbons (Fsp3) is 0.267. The van der Waals surface area contributed by atoms with E-state index in [1.807, 2.05) is 0 Å². The highest BCUT2D eigenvalue weighted by Gasteiger charge is 2.46. The van der Waals surface area contributed by atoms with E-state index in [1.165, 1.54) is 12.1 Å². The summed E-state index contributed by atoms with van der Waals surface area (Å²) in [6.07, 6.45) is 0.0620. The zero-order valence-corrected chi connectivity index (χ0v) is 13.5. The van der Waals surface area contributed by atoms with Gasteiger partial charge in [-0.3, -0.25) is 4.79 Å². The number of halogens is 2. The SMILES string of the molecule is O=C(Nc1cc(NCC2CO2)c2ccccc2c1)C(F)(F)S(=O)(=O)[O-]. The monoisotopic (exact) mass is 371 g/mol.